The van der Waals surface area contributed by atoms with Gasteiger partial charge in [-0.25, -0.2) is 26.6 Å². The van der Waals surface area contributed by atoms with Crippen LogP contribution in [0.4, 0.5) is 0 Å². The van der Waals surface area contributed by atoms with Gasteiger partial charge in [0, 0.05) is 0 Å². The average Bonchev–Trinajstić information content (AvgIpc) is 2.10. The Morgan fingerprint density at radius 1 is 0.778 bits per heavy atom. The van der Waals surface area contributed by atoms with Crippen molar-refractivity contribution in [2.45, 2.75) is 13.8 Å². The summed E-state index contributed by atoms with van der Waals surface area (Å²) in [4.78, 5) is 7.59. The highest BCUT2D eigenvalue weighted by Crippen LogP contribution is 1.85. The molecule has 0 aliphatic rings. The minimum absolute atomic E-state index is 0. The molecular formula is C4H18N2O10S2. The lowest BCUT2D eigenvalue weighted by Gasteiger charge is -2.02. The molecule has 0 unspecified atom stereocenters. The lowest BCUT2D eigenvalue weighted by molar-refractivity contribution is -0.203. The topological polar surface area (TPSA) is 224 Å². The molecular weight excluding hydrogens is 300 g/mol. The summed E-state index contributed by atoms with van der Waals surface area (Å²) >= 11 is 0. The molecule has 0 fully saturated rings. The summed E-state index contributed by atoms with van der Waals surface area (Å²) in [6, 6.07) is 0. The van der Waals surface area contributed by atoms with Crippen LogP contribution in [0.15, 0.2) is 0 Å². The summed E-state index contributed by atoms with van der Waals surface area (Å²) in [6.45, 7) is 3.04. The van der Waals surface area contributed by atoms with Crippen LogP contribution in [-0.4, -0.2) is 39.2 Å². The summed E-state index contributed by atoms with van der Waals surface area (Å²) in [5, 5.41) is 0. The molecule has 116 valence electrons. The van der Waals surface area contributed by atoms with Gasteiger partial charge in [0.25, 0.3) is 0 Å². The van der Waals surface area contributed by atoms with Gasteiger partial charge in [0.2, 0.25) is 20.8 Å². The van der Waals surface area contributed by atoms with E-state index < -0.39 is 20.8 Å². The molecule has 0 aliphatic carbocycles. The number of rotatable bonds is 6. The second-order valence-corrected chi connectivity index (χ2v) is 3.67. The maximum absolute atomic E-state index is 9.49. The van der Waals surface area contributed by atoms with E-state index in [1.54, 1.807) is 0 Å². The SMILES string of the molecule is CCOOS(=O)(=O)[O-].CCOOS(=O)(=O)[O-].[NH4+].[NH4+]. The first-order valence-corrected chi connectivity index (χ1v) is 6.32. The van der Waals surface area contributed by atoms with E-state index in [0.717, 1.165) is 0 Å². The van der Waals surface area contributed by atoms with Gasteiger partial charge in [-0.2, -0.15) is 0 Å². The Labute approximate surface area is 105 Å². The molecule has 12 nitrogen and oxygen atoms in total. The van der Waals surface area contributed by atoms with Crippen LogP contribution < -0.4 is 12.3 Å². The van der Waals surface area contributed by atoms with Gasteiger partial charge in [-0.05, 0) is 13.8 Å². The maximum Gasteiger partial charge on any atom is 0.245 e. The monoisotopic (exact) mass is 318 g/mol. The Morgan fingerprint density at radius 3 is 1.06 bits per heavy atom. The third-order valence-corrected chi connectivity index (χ3v) is 1.02. The molecule has 0 aromatic heterocycles. The Bertz CT molecular complexity index is 314. The van der Waals surface area contributed by atoms with Crippen molar-refractivity contribution in [3.05, 3.63) is 0 Å². The molecule has 0 spiro atoms. The zero-order valence-corrected chi connectivity index (χ0v) is 11.9. The summed E-state index contributed by atoms with van der Waals surface area (Å²) in [5.41, 5.74) is 0. The molecule has 0 radical (unpaired) electrons. The number of hydrogen-bond acceptors (Lipinski definition) is 10. The largest absolute Gasteiger partial charge is 0.724 e. The van der Waals surface area contributed by atoms with Crippen molar-refractivity contribution < 1.29 is 44.4 Å². The van der Waals surface area contributed by atoms with Gasteiger partial charge < -0.3 is 21.4 Å². The molecule has 14 heteroatoms. The van der Waals surface area contributed by atoms with Gasteiger partial charge in [0.05, 0.1) is 13.2 Å². The van der Waals surface area contributed by atoms with E-state index in [4.69, 9.17) is 0 Å². The van der Waals surface area contributed by atoms with Crippen LogP contribution >= 0.6 is 0 Å². The van der Waals surface area contributed by atoms with E-state index in [9.17, 15) is 25.9 Å². The van der Waals surface area contributed by atoms with Crippen molar-refractivity contribution in [2.24, 2.45) is 0 Å². The van der Waals surface area contributed by atoms with Crippen molar-refractivity contribution >= 4 is 20.8 Å². The molecule has 0 bridgehead atoms. The number of quaternary nitrogens is 2. The van der Waals surface area contributed by atoms with Crippen molar-refractivity contribution in [3.8, 4) is 0 Å². The summed E-state index contributed by atoms with van der Waals surface area (Å²) in [7, 11) is -9.32. The van der Waals surface area contributed by atoms with E-state index in [-0.39, 0.29) is 25.5 Å². The lowest BCUT2D eigenvalue weighted by Crippen LogP contribution is -2.04. The van der Waals surface area contributed by atoms with Gasteiger partial charge in [0.15, 0.2) is 0 Å². The predicted molar refractivity (Wildman–Crippen MR) is 56.8 cm³/mol. The fourth-order valence-electron chi connectivity index (χ4n) is 0.214. The Balaban J connectivity index is -0.0000000980. The van der Waals surface area contributed by atoms with Crippen LogP contribution in [0.25, 0.3) is 0 Å². The Hall–Kier alpha value is -0.420. The first-order valence-electron chi connectivity index (χ1n) is 3.66. The van der Waals surface area contributed by atoms with Crippen LogP contribution in [0, 0.1) is 0 Å². The average molecular weight is 318 g/mol. The van der Waals surface area contributed by atoms with Gasteiger partial charge in [-0.3, -0.25) is 0 Å². The zero-order chi connectivity index (χ0) is 13.2. The van der Waals surface area contributed by atoms with Crippen molar-refractivity contribution in [2.75, 3.05) is 13.2 Å². The molecule has 0 amide bonds. The molecule has 0 atom stereocenters. The van der Waals surface area contributed by atoms with E-state index in [1.165, 1.54) is 13.8 Å². The van der Waals surface area contributed by atoms with Crippen LogP contribution in [0.5, 0.6) is 0 Å². The minimum Gasteiger partial charge on any atom is -0.724 e. The quantitative estimate of drug-likeness (QED) is 0.278. The van der Waals surface area contributed by atoms with Gasteiger partial charge in [-0.15, -0.1) is 8.67 Å². The van der Waals surface area contributed by atoms with Crippen LogP contribution in [-0.2, 0) is 39.2 Å². The molecule has 0 aliphatic heterocycles. The minimum atomic E-state index is -4.66. The smallest absolute Gasteiger partial charge is 0.245 e. The van der Waals surface area contributed by atoms with Crippen molar-refractivity contribution in [1.82, 2.24) is 12.3 Å². The van der Waals surface area contributed by atoms with E-state index in [1.807, 2.05) is 0 Å². The fourth-order valence-corrected chi connectivity index (χ4v) is 0.642. The second-order valence-electron chi connectivity index (χ2n) is 1.77. The van der Waals surface area contributed by atoms with Crippen LogP contribution in [0.3, 0.4) is 0 Å². The van der Waals surface area contributed by atoms with Crippen molar-refractivity contribution in [1.29, 1.82) is 0 Å². The Morgan fingerprint density at radius 2 is 1.00 bits per heavy atom. The lowest BCUT2D eigenvalue weighted by atomic mass is 10.9. The van der Waals surface area contributed by atoms with Gasteiger partial charge in [-0.1, -0.05) is 0 Å². The summed E-state index contributed by atoms with van der Waals surface area (Å²) in [5.74, 6) is 0. The highest BCUT2D eigenvalue weighted by Gasteiger charge is 1.90. The van der Waals surface area contributed by atoms with E-state index in [0.29, 0.717) is 0 Å². The fraction of sp³-hybridized carbons (Fsp3) is 1.00. The molecule has 8 N–H and O–H groups in total. The molecule has 0 aromatic carbocycles. The zero-order valence-electron chi connectivity index (χ0n) is 10.3. The van der Waals surface area contributed by atoms with Gasteiger partial charge >= 0.3 is 0 Å². The molecule has 0 heterocycles. The maximum atomic E-state index is 9.49. The molecule has 0 aromatic rings. The standard InChI is InChI=1S/2C2H6O5S.2H3N/c2*1-2-6-7-8(3,4)5;;/h2*2H2,1H3,(H,3,4,5);2*1H3. The number of hydrogen-bond donors (Lipinski definition) is 2. The van der Waals surface area contributed by atoms with Crippen molar-refractivity contribution in [3.63, 3.8) is 0 Å². The van der Waals surface area contributed by atoms with E-state index >= 15 is 0 Å². The van der Waals surface area contributed by atoms with Gasteiger partial charge in [0.1, 0.15) is 0 Å². The van der Waals surface area contributed by atoms with Crippen LogP contribution in [0.1, 0.15) is 13.8 Å². The molecule has 0 rings (SSSR count). The summed E-state index contributed by atoms with van der Waals surface area (Å²) < 4.78 is 63.5. The molecule has 0 saturated carbocycles. The highest BCUT2D eigenvalue weighted by atomic mass is 32.3. The predicted octanol–water partition coefficient (Wildman–Crippen LogP) is -0.418. The molecule has 18 heavy (non-hydrogen) atoms. The third-order valence-electron chi connectivity index (χ3n) is 0.499. The first kappa shape index (κ1) is 26.2. The van der Waals surface area contributed by atoms with Crippen LogP contribution in [0.2, 0.25) is 0 Å². The second kappa shape index (κ2) is 13.0. The first-order chi connectivity index (χ1) is 7.12. The van der Waals surface area contributed by atoms with E-state index in [2.05, 4.69) is 18.4 Å². The Kier molecular flexibility index (Phi) is 19.0. The highest BCUT2D eigenvalue weighted by molar-refractivity contribution is 7.80. The third kappa shape index (κ3) is 36.1. The molecule has 0 saturated heterocycles. The normalized spacial score (nSPS) is 10.4. The summed E-state index contributed by atoms with van der Waals surface area (Å²) in [6.07, 6.45) is 0.